The van der Waals surface area contributed by atoms with Gasteiger partial charge in [-0.1, -0.05) is 26.5 Å². The van der Waals surface area contributed by atoms with E-state index in [1.807, 2.05) is 6.07 Å². The Hall–Kier alpha value is -1.77. The molecule has 3 heteroatoms. The van der Waals surface area contributed by atoms with Crippen LogP contribution in [-0.2, 0) is 28.8 Å². The van der Waals surface area contributed by atoms with Gasteiger partial charge in [-0.05, 0) is 42.5 Å². The molecule has 0 unspecified atom stereocenters. The summed E-state index contributed by atoms with van der Waals surface area (Å²) in [6, 6.07) is 4.02. The molecule has 2 N–H and O–H groups in total. The van der Waals surface area contributed by atoms with Crippen molar-refractivity contribution < 1.29 is 9.53 Å². The van der Waals surface area contributed by atoms with Crippen LogP contribution in [0.4, 0.5) is 5.69 Å². The van der Waals surface area contributed by atoms with E-state index in [9.17, 15) is 4.79 Å². The van der Waals surface area contributed by atoms with E-state index in [-0.39, 0.29) is 5.97 Å². The van der Waals surface area contributed by atoms with Gasteiger partial charge in [0.25, 0.3) is 0 Å². The Morgan fingerprint density at radius 3 is 2.47 bits per heavy atom. The van der Waals surface area contributed by atoms with Crippen molar-refractivity contribution in [3.8, 4) is 0 Å². The average Bonchev–Trinajstić information content (AvgIpc) is 2.39. The monoisotopic (exact) mass is 261 g/mol. The maximum Gasteiger partial charge on any atom is 0.333 e. The number of nitrogens with two attached hydrogens (primary N) is 1. The molecular formula is C16H23NO2. The highest BCUT2D eigenvalue weighted by Gasteiger charge is 2.11. The normalized spacial score (nSPS) is 10.3. The highest BCUT2D eigenvalue weighted by molar-refractivity contribution is 5.86. The van der Waals surface area contributed by atoms with E-state index in [1.165, 1.54) is 11.1 Å². The Morgan fingerprint density at radius 1 is 1.26 bits per heavy atom. The molecule has 0 aliphatic rings. The smallest absolute Gasteiger partial charge is 0.333 e. The molecule has 3 nitrogen and oxygen atoms in total. The number of benzene rings is 1. The molecule has 0 aliphatic heterocycles. The van der Waals surface area contributed by atoms with Crippen molar-refractivity contribution in [3.63, 3.8) is 0 Å². The summed E-state index contributed by atoms with van der Waals surface area (Å²) in [6.07, 6.45) is 2.59. The lowest BCUT2D eigenvalue weighted by molar-refractivity contribution is -0.138. The summed E-state index contributed by atoms with van der Waals surface area (Å²) < 4.78 is 5.14. The van der Waals surface area contributed by atoms with Crippen LogP contribution in [0, 0.1) is 0 Å². The summed E-state index contributed by atoms with van der Waals surface area (Å²) in [5.74, 6) is -0.344. The lowest BCUT2D eigenvalue weighted by Crippen LogP contribution is -2.11. The molecule has 0 saturated carbocycles. The van der Waals surface area contributed by atoms with E-state index in [1.54, 1.807) is 6.92 Å². The number of hydrogen-bond acceptors (Lipinski definition) is 3. The van der Waals surface area contributed by atoms with Gasteiger partial charge in [0, 0.05) is 17.7 Å². The van der Waals surface area contributed by atoms with E-state index < -0.39 is 0 Å². The number of rotatable bonds is 6. The third kappa shape index (κ3) is 3.85. The first-order valence-corrected chi connectivity index (χ1v) is 6.72. The second-order valence-corrected chi connectivity index (χ2v) is 4.64. The number of nitrogen functional groups attached to an aromatic ring is 1. The van der Waals surface area contributed by atoms with E-state index in [4.69, 9.17) is 10.5 Å². The molecule has 19 heavy (non-hydrogen) atoms. The van der Waals surface area contributed by atoms with Crippen LogP contribution in [0.25, 0.3) is 0 Å². The second kappa shape index (κ2) is 6.98. The van der Waals surface area contributed by atoms with Gasteiger partial charge in [-0.3, -0.25) is 0 Å². The van der Waals surface area contributed by atoms with Gasteiger partial charge in [0.1, 0.15) is 0 Å². The largest absolute Gasteiger partial charge is 0.462 e. The third-order valence-corrected chi connectivity index (χ3v) is 3.23. The van der Waals surface area contributed by atoms with E-state index in [0.29, 0.717) is 18.6 Å². The number of carbonyl (C=O) groups excluding carboxylic acids is 1. The fourth-order valence-electron chi connectivity index (χ4n) is 2.20. The van der Waals surface area contributed by atoms with Crippen LogP contribution in [0.3, 0.4) is 0 Å². The number of ether oxygens (including phenoxy) is 1. The lowest BCUT2D eigenvalue weighted by atomic mass is 9.94. The van der Waals surface area contributed by atoms with Crippen LogP contribution in [-0.4, -0.2) is 12.6 Å². The maximum absolute atomic E-state index is 11.3. The van der Waals surface area contributed by atoms with Gasteiger partial charge in [-0.2, -0.15) is 0 Å². The Kier molecular flexibility index (Phi) is 5.61. The predicted octanol–water partition coefficient (Wildman–Crippen LogP) is 3.06. The van der Waals surface area contributed by atoms with Crippen molar-refractivity contribution in [2.24, 2.45) is 0 Å². The van der Waals surface area contributed by atoms with Crippen LogP contribution >= 0.6 is 0 Å². The van der Waals surface area contributed by atoms with Crippen molar-refractivity contribution in [2.75, 3.05) is 12.3 Å². The summed E-state index contributed by atoms with van der Waals surface area (Å²) in [5, 5.41) is 0. The molecule has 0 saturated heterocycles. The van der Waals surface area contributed by atoms with Crippen molar-refractivity contribution >= 4 is 11.7 Å². The third-order valence-electron chi connectivity index (χ3n) is 3.23. The second-order valence-electron chi connectivity index (χ2n) is 4.64. The molecule has 0 aliphatic carbocycles. The van der Waals surface area contributed by atoms with Crippen LogP contribution < -0.4 is 5.73 Å². The molecule has 0 radical (unpaired) electrons. The summed E-state index contributed by atoms with van der Waals surface area (Å²) in [4.78, 5) is 11.3. The lowest BCUT2D eigenvalue weighted by Gasteiger charge is -2.15. The van der Waals surface area contributed by atoms with E-state index in [2.05, 4.69) is 26.5 Å². The number of aryl methyl sites for hydroxylation is 1. The standard InChI is InChI=1S/C16H23NO2/c1-5-12-7-8-15(17)14(13(12)6-2)9-10-19-16(18)11(3)4/h7-8H,3,5-6,9-10,17H2,1-2,4H3. The number of hydrogen-bond donors (Lipinski definition) is 1. The quantitative estimate of drug-likeness (QED) is 0.486. The fourth-order valence-corrected chi connectivity index (χ4v) is 2.20. The van der Waals surface area contributed by atoms with Crippen LogP contribution in [0.15, 0.2) is 24.3 Å². The summed E-state index contributed by atoms with van der Waals surface area (Å²) >= 11 is 0. The fraction of sp³-hybridized carbons (Fsp3) is 0.438. The van der Waals surface area contributed by atoms with Crippen LogP contribution in [0.1, 0.15) is 37.5 Å². The highest BCUT2D eigenvalue weighted by Crippen LogP contribution is 2.23. The van der Waals surface area contributed by atoms with E-state index >= 15 is 0 Å². The van der Waals surface area contributed by atoms with Gasteiger partial charge >= 0.3 is 5.97 Å². The zero-order valence-corrected chi connectivity index (χ0v) is 12.1. The highest BCUT2D eigenvalue weighted by atomic mass is 16.5. The topological polar surface area (TPSA) is 52.3 Å². The van der Waals surface area contributed by atoms with Gasteiger partial charge in [0.05, 0.1) is 6.61 Å². The zero-order valence-electron chi connectivity index (χ0n) is 12.1. The minimum Gasteiger partial charge on any atom is -0.462 e. The first kappa shape index (κ1) is 15.3. The summed E-state index contributed by atoms with van der Waals surface area (Å²) in [5.41, 5.74) is 11.0. The summed E-state index contributed by atoms with van der Waals surface area (Å²) in [7, 11) is 0. The van der Waals surface area contributed by atoms with Gasteiger partial charge in [-0.15, -0.1) is 0 Å². The molecule has 0 atom stereocenters. The Balaban J connectivity index is 2.82. The van der Waals surface area contributed by atoms with Gasteiger partial charge in [0.2, 0.25) is 0 Å². The molecule has 0 spiro atoms. The SMILES string of the molecule is C=C(C)C(=O)OCCc1c(N)ccc(CC)c1CC. The van der Waals surface area contributed by atoms with E-state index in [0.717, 1.165) is 24.1 Å². The molecule has 104 valence electrons. The Bertz CT molecular complexity index is 478. The van der Waals surface area contributed by atoms with Gasteiger partial charge in [0.15, 0.2) is 0 Å². The molecule has 1 aromatic rings. The molecular weight excluding hydrogens is 238 g/mol. The van der Waals surface area contributed by atoms with Crippen LogP contribution in [0.2, 0.25) is 0 Å². The average molecular weight is 261 g/mol. The first-order valence-electron chi connectivity index (χ1n) is 6.72. The maximum atomic E-state index is 11.3. The number of carbonyl (C=O) groups is 1. The minimum atomic E-state index is -0.344. The Labute approximate surface area is 115 Å². The molecule has 1 aromatic carbocycles. The van der Waals surface area contributed by atoms with Gasteiger partial charge < -0.3 is 10.5 Å². The molecule has 1 rings (SSSR count). The van der Waals surface area contributed by atoms with Crippen molar-refractivity contribution in [2.45, 2.75) is 40.0 Å². The number of anilines is 1. The number of esters is 1. The Morgan fingerprint density at radius 2 is 1.95 bits per heavy atom. The van der Waals surface area contributed by atoms with Gasteiger partial charge in [-0.25, -0.2) is 4.79 Å². The zero-order chi connectivity index (χ0) is 14.4. The minimum absolute atomic E-state index is 0.343. The first-order chi connectivity index (χ1) is 9.01. The molecule has 0 bridgehead atoms. The van der Waals surface area contributed by atoms with Crippen molar-refractivity contribution in [1.29, 1.82) is 0 Å². The predicted molar refractivity (Wildman–Crippen MR) is 79.1 cm³/mol. The van der Waals surface area contributed by atoms with Crippen molar-refractivity contribution in [3.05, 3.63) is 41.0 Å². The van der Waals surface area contributed by atoms with Crippen LogP contribution in [0.5, 0.6) is 0 Å². The molecule has 0 amide bonds. The molecule has 0 heterocycles. The summed E-state index contributed by atoms with van der Waals surface area (Å²) in [6.45, 7) is 9.80. The molecule has 0 fully saturated rings. The van der Waals surface area contributed by atoms with Crippen molar-refractivity contribution in [1.82, 2.24) is 0 Å². The molecule has 0 aromatic heterocycles.